The SMILES string of the molecule is O=C(c1ccc2c(c1)COC2)N1CC(N2CCNCC2)C1. The average Bonchev–Trinajstić information content (AvgIpc) is 2.94. The van der Waals surface area contributed by atoms with Crippen LogP contribution in [0.25, 0.3) is 0 Å². The van der Waals surface area contributed by atoms with Crippen LogP contribution < -0.4 is 5.32 Å². The summed E-state index contributed by atoms with van der Waals surface area (Å²) in [6.45, 7) is 7.38. The zero-order valence-electron chi connectivity index (χ0n) is 12.2. The Labute approximate surface area is 124 Å². The maximum Gasteiger partial charge on any atom is 0.253 e. The summed E-state index contributed by atoms with van der Waals surface area (Å²) in [5.41, 5.74) is 3.19. The summed E-state index contributed by atoms with van der Waals surface area (Å²) in [5, 5.41) is 3.37. The molecule has 0 spiro atoms. The number of carbonyl (C=O) groups excluding carboxylic acids is 1. The molecular formula is C16H21N3O2. The summed E-state index contributed by atoms with van der Waals surface area (Å²) in [4.78, 5) is 17.0. The lowest BCUT2D eigenvalue weighted by atomic mass is 10.0. The number of hydrogen-bond donors (Lipinski definition) is 1. The smallest absolute Gasteiger partial charge is 0.253 e. The maximum atomic E-state index is 12.5. The number of carbonyl (C=O) groups is 1. The molecule has 1 aromatic rings. The minimum atomic E-state index is 0.163. The number of ether oxygens (including phenoxy) is 1. The zero-order chi connectivity index (χ0) is 14.2. The minimum absolute atomic E-state index is 0.163. The first-order valence-corrected chi connectivity index (χ1v) is 7.75. The molecule has 0 aromatic heterocycles. The number of rotatable bonds is 2. The molecule has 1 N–H and O–H groups in total. The second-order valence-corrected chi connectivity index (χ2v) is 6.13. The Balaban J connectivity index is 1.38. The van der Waals surface area contributed by atoms with Gasteiger partial charge >= 0.3 is 0 Å². The van der Waals surface area contributed by atoms with E-state index in [1.807, 2.05) is 23.1 Å². The van der Waals surface area contributed by atoms with E-state index < -0.39 is 0 Å². The van der Waals surface area contributed by atoms with Gasteiger partial charge in [-0.1, -0.05) is 6.07 Å². The first kappa shape index (κ1) is 13.2. The van der Waals surface area contributed by atoms with Crippen molar-refractivity contribution in [1.82, 2.24) is 15.1 Å². The molecule has 21 heavy (non-hydrogen) atoms. The molecular weight excluding hydrogens is 266 g/mol. The lowest BCUT2D eigenvalue weighted by Crippen LogP contribution is -2.63. The number of nitrogens with one attached hydrogen (secondary N) is 1. The zero-order valence-corrected chi connectivity index (χ0v) is 12.2. The van der Waals surface area contributed by atoms with Gasteiger partial charge in [0.15, 0.2) is 0 Å². The molecule has 3 aliphatic rings. The molecule has 112 valence electrons. The molecule has 5 nitrogen and oxygen atoms in total. The minimum Gasteiger partial charge on any atom is -0.372 e. The molecule has 2 saturated heterocycles. The van der Waals surface area contributed by atoms with Crippen LogP contribution in [0, 0.1) is 0 Å². The van der Waals surface area contributed by atoms with Crippen molar-refractivity contribution < 1.29 is 9.53 Å². The highest BCUT2D eigenvalue weighted by Crippen LogP contribution is 2.23. The van der Waals surface area contributed by atoms with Gasteiger partial charge < -0.3 is 15.0 Å². The van der Waals surface area contributed by atoms with Gasteiger partial charge in [-0.05, 0) is 23.3 Å². The highest BCUT2D eigenvalue weighted by atomic mass is 16.5. The third kappa shape index (κ3) is 2.46. The van der Waals surface area contributed by atoms with Gasteiger partial charge in [-0.15, -0.1) is 0 Å². The molecule has 3 aliphatic heterocycles. The van der Waals surface area contributed by atoms with Crippen molar-refractivity contribution in [3.05, 3.63) is 34.9 Å². The molecule has 0 bridgehead atoms. The van der Waals surface area contributed by atoms with Crippen LogP contribution in [0.3, 0.4) is 0 Å². The Bertz CT molecular complexity index is 548. The molecule has 0 atom stereocenters. The van der Waals surface area contributed by atoms with Gasteiger partial charge in [-0.25, -0.2) is 0 Å². The van der Waals surface area contributed by atoms with Crippen molar-refractivity contribution in [3.8, 4) is 0 Å². The van der Waals surface area contributed by atoms with Crippen LogP contribution in [0.4, 0.5) is 0 Å². The topological polar surface area (TPSA) is 44.8 Å². The molecule has 0 saturated carbocycles. The first-order chi connectivity index (χ1) is 10.3. The number of nitrogens with zero attached hydrogens (tertiary/aromatic N) is 2. The fourth-order valence-electron chi connectivity index (χ4n) is 3.39. The highest BCUT2D eigenvalue weighted by Gasteiger charge is 2.35. The normalized spacial score (nSPS) is 23.0. The number of benzene rings is 1. The number of fused-ring (bicyclic) bond motifs is 1. The third-order valence-corrected chi connectivity index (χ3v) is 4.79. The van der Waals surface area contributed by atoms with Crippen LogP contribution in [0.1, 0.15) is 21.5 Å². The molecule has 1 amide bonds. The van der Waals surface area contributed by atoms with Crippen LogP contribution in [-0.4, -0.2) is 61.0 Å². The third-order valence-electron chi connectivity index (χ3n) is 4.79. The summed E-state index contributed by atoms with van der Waals surface area (Å²) in [6.07, 6.45) is 0. The summed E-state index contributed by atoms with van der Waals surface area (Å²) < 4.78 is 5.41. The van der Waals surface area contributed by atoms with E-state index in [1.165, 1.54) is 11.1 Å². The number of likely N-dealkylation sites (tertiary alicyclic amines) is 1. The first-order valence-electron chi connectivity index (χ1n) is 7.75. The highest BCUT2D eigenvalue weighted by molar-refractivity contribution is 5.95. The fraction of sp³-hybridized carbons (Fsp3) is 0.562. The summed E-state index contributed by atoms with van der Waals surface area (Å²) in [7, 11) is 0. The van der Waals surface area contributed by atoms with E-state index in [2.05, 4.69) is 10.2 Å². The van der Waals surface area contributed by atoms with E-state index >= 15 is 0 Å². The molecule has 0 unspecified atom stereocenters. The van der Waals surface area contributed by atoms with Gasteiger partial charge in [0.05, 0.1) is 13.2 Å². The standard InChI is InChI=1S/C16H21N3O2/c20-16(12-1-2-13-10-21-11-14(13)7-12)19-8-15(9-19)18-5-3-17-4-6-18/h1-2,7,15,17H,3-6,8-11H2. The fourth-order valence-corrected chi connectivity index (χ4v) is 3.39. The average molecular weight is 287 g/mol. The molecule has 4 rings (SSSR count). The second kappa shape index (κ2) is 5.40. The predicted octanol–water partition coefficient (Wildman–Crippen LogP) is 0.446. The van der Waals surface area contributed by atoms with E-state index in [1.54, 1.807) is 0 Å². The Kier molecular flexibility index (Phi) is 3.41. The van der Waals surface area contributed by atoms with Crippen molar-refractivity contribution in [2.24, 2.45) is 0 Å². The molecule has 5 heteroatoms. The Morgan fingerprint density at radius 3 is 2.71 bits per heavy atom. The number of piperazine rings is 1. The van der Waals surface area contributed by atoms with Crippen molar-refractivity contribution >= 4 is 5.91 Å². The van der Waals surface area contributed by atoms with E-state index in [0.717, 1.165) is 44.8 Å². The molecule has 0 aliphatic carbocycles. The summed E-state index contributed by atoms with van der Waals surface area (Å²) in [6, 6.07) is 6.52. The van der Waals surface area contributed by atoms with Gasteiger partial charge in [0.2, 0.25) is 0 Å². The molecule has 1 aromatic carbocycles. The largest absolute Gasteiger partial charge is 0.372 e. The summed E-state index contributed by atoms with van der Waals surface area (Å²) >= 11 is 0. The van der Waals surface area contributed by atoms with Crippen molar-refractivity contribution in [2.45, 2.75) is 19.3 Å². The Morgan fingerprint density at radius 2 is 1.90 bits per heavy atom. The number of amides is 1. The molecule has 0 radical (unpaired) electrons. The van der Waals surface area contributed by atoms with Crippen LogP contribution in [0.5, 0.6) is 0 Å². The van der Waals surface area contributed by atoms with Gasteiger partial charge in [0, 0.05) is 50.9 Å². The lowest BCUT2D eigenvalue weighted by molar-refractivity contribution is 0.0227. The van der Waals surface area contributed by atoms with Crippen LogP contribution in [0.15, 0.2) is 18.2 Å². The molecule has 2 fully saturated rings. The van der Waals surface area contributed by atoms with Crippen LogP contribution >= 0.6 is 0 Å². The van der Waals surface area contributed by atoms with Crippen molar-refractivity contribution in [3.63, 3.8) is 0 Å². The van der Waals surface area contributed by atoms with Crippen molar-refractivity contribution in [1.29, 1.82) is 0 Å². The monoisotopic (exact) mass is 287 g/mol. The summed E-state index contributed by atoms with van der Waals surface area (Å²) in [5.74, 6) is 0.163. The molecule has 3 heterocycles. The van der Waals surface area contributed by atoms with E-state index in [9.17, 15) is 4.79 Å². The van der Waals surface area contributed by atoms with E-state index in [0.29, 0.717) is 19.3 Å². The number of hydrogen-bond acceptors (Lipinski definition) is 4. The second-order valence-electron chi connectivity index (χ2n) is 6.13. The maximum absolute atomic E-state index is 12.5. The van der Waals surface area contributed by atoms with Crippen LogP contribution in [0.2, 0.25) is 0 Å². The van der Waals surface area contributed by atoms with Gasteiger partial charge in [-0.3, -0.25) is 9.69 Å². The van der Waals surface area contributed by atoms with Gasteiger partial charge in [-0.2, -0.15) is 0 Å². The predicted molar refractivity (Wildman–Crippen MR) is 79.1 cm³/mol. The van der Waals surface area contributed by atoms with E-state index in [4.69, 9.17) is 4.74 Å². The van der Waals surface area contributed by atoms with E-state index in [-0.39, 0.29) is 5.91 Å². The van der Waals surface area contributed by atoms with Gasteiger partial charge in [0.25, 0.3) is 5.91 Å². The van der Waals surface area contributed by atoms with Crippen LogP contribution in [-0.2, 0) is 18.0 Å². The Hall–Kier alpha value is -1.43. The van der Waals surface area contributed by atoms with Gasteiger partial charge in [0.1, 0.15) is 0 Å². The Morgan fingerprint density at radius 1 is 1.14 bits per heavy atom. The van der Waals surface area contributed by atoms with Crippen molar-refractivity contribution in [2.75, 3.05) is 39.3 Å². The lowest BCUT2D eigenvalue weighted by Gasteiger charge is -2.46. The quantitative estimate of drug-likeness (QED) is 0.858.